The van der Waals surface area contributed by atoms with Crippen molar-refractivity contribution in [3.05, 3.63) is 0 Å². The first-order chi connectivity index (χ1) is 9.83. The Balaban J connectivity index is 0.00000121. The van der Waals surface area contributed by atoms with Crippen LogP contribution in [0.3, 0.4) is 0 Å². The summed E-state index contributed by atoms with van der Waals surface area (Å²) in [6, 6.07) is 0.731. The van der Waals surface area contributed by atoms with Crippen LogP contribution in [0.1, 0.15) is 44.9 Å². The van der Waals surface area contributed by atoms with Crippen LogP contribution in [0.25, 0.3) is 0 Å². The van der Waals surface area contributed by atoms with Crippen molar-refractivity contribution >= 4 is 30.7 Å². The molecule has 4 nitrogen and oxygen atoms in total. The van der Waals surface area contributed by atoms with Crippen molar-refractivity contribution < 1.29 is 4.79 Å². The Labute approximate surface area is 147 Å². The number of rotatable bonds is 5. The van der Waals surface area contributed by atoms with Gasteiger partial charge in [-0.2, -0.15) is 0 Å². The Morgan fingerprint density at radius 2 is 1.64 bits per heavy atom. The number of carbonyl (C=O) groups excluding carboxylic acids is 1. The molecule has 1 aliphatic carbocycles. The SMILES string of the molecule is Cl.Cl.O=C(CNCC1CC1)N1CCCC(N2CCCC2)CC1. The summed E-state index contributed by atoms with van der Waals surface area (Å²) in [6.45, 7) is 6.07. The smallest absolute Gasteiger partial charge is 0.236 e. The maximum Gasteiger partial charge on any atom is 0.236 e. The maximum atomic E-state index is 12.2. The van der Waals surface area contributed by atoms with Gasteiger partial charge in [0.05, 0.1) is 6.54 Å². The van der Waals surface area contributed by atoms with Crippen molar-refractivity contribution in [1.82, 2.24) is 15.1 Å². The fourth-order valence-corrected chi connectivity index (χ4v) is 3.62. The molecule has 130 valence electrons. The lowest BCUT2D eigenvalue weighted by molar-refractivity contribution is -0.130. The van der Waals surface area contributed by atoms with E-state index in [1.807, 2.05) is 0 Å². The van der Waals surface area contributed by atoms with Gasteiger partial charge in [0.2, 0.25) is 5.91 Å². The van der Waals surface area contributed by atoms with Crippen LogP contribution in [-0.2, 0) is 4.79 Å². The third-order valence-electron chi connectivity index (χ3n) is 5.11. The standard InChI is InChI=1S/C16H29N3O.2ClH/c20-16(13-17-12-14-5-6-14)19-10-3-4-15(7-11-19)18-8-1-2-9-18;;/h14-15,17H,1-13H2;2*1H. The van der Waals surface area contributed by atoms with E-state index < -0.39 is 0 Å². The van der Waals surface area contributed by atoms with E-state index in [1.165, 1.54) is 58.0 Å². The quantitative estimate of drug-likeness (QED) is 0.825. The van der Waals surface area contributed by atoms with Crippen molar-refractivity contribution in [3.63, 3.8) is 0 Å². The van der Waals surface area contributed by atoms with Crippen LogP contribution in [0.2, 0.25) is 0 Å². The summed E-state index contributed by atoms with van der Waals surface area (Å²) in [6.07, 6.45) is 9.06. The minimum Gasteiger partial charge on any atom is -0.342 e. The van der Waals surface area contributed by atoms with E-state index in [0.29, 0.717) is 12.5 Å². The molecular weight excluding hydrogens is 321 g/mol. The lowest BCUT2D eigenvalue weighted by Crippen LogP contribution is -2.40. The van der Waals surface area contributed by atoms with Crippen LogP contribution in [0.15, 0.2) is 0 Å². The Hall–Kier alpha value is -0.0300. The molecule has 1 amide bonds. The molecule has 6 heteroatoms. The Morgan fingerprint density at radius 1 is 0.909 bits per heavy atom. The van der Waals surface area contributed by atoms with Crippen molar-refractivity contribution in [2.75, 3.05) is 39.3 Å². The molecule has 1 saturated carbocycles. The van der Waals surface area contributed by atoms with Gasteiger partial charge in [0.15, 0.2) is 0 Å². The Bertz CT molecular complexity index is 333. The van der Waals surface area contributed by atoms with Crippen LogP contribution >= 0.6 is 24.8 Å². The molecule has 2 heterocycles. The fraction of sp³-hybridized carbons (Fsp3) is 0.938. The molecular formula is C16H31Cl2N3O. The summed E-state index contributed by atoms with van der Waals surface area (Å²) in [5.41, 5.74) is 0. The molecule has 0 aromatic rings. The molecule has 0 spiro atoms. The molecule has 1 atom stereocenters. The van der Waals surface area contributed by atoms with E-state index in [2.05, 4.69) is 15.1 Å². The van der Waals surface area contributed by atoms with E-state index in [9.17, 15) is 4.79 Å². The number of nitrogens with zero attached hydrogens (tertiary/aromatic N) is 2. The van der Waals surface area contributed by atoms with E-state index in [1.54, 1.807) is 0 Å². The van der Waals surface area contributed by atoms with E-state index in [4.69, 9.17) is 0 Å². The molecule has 3 fully saturated rings. The number of halogens is 2. The zero-order valence-corrected chi connectivity index (χ0v) is 15.1. The van der Waals surface area contributed by atoms with E-state index >= 15 is 0 Å². The topological polar surface area (TPSA) is 35.6 Å². The molecule has 22 heavy (non-hydrogen) atoms. The zero-order chi connectivity index (χ0) is 13.8. The highest BCUT2D eigenvalue weighted by Crippen LogP contribution is 2.27. The highest BCUT2D eigenvalue weighted by atomic mass is 35.5. The molecule has 3 rings (SSSR count). The number of likely N-dealkylation sites (tertiary alicyclic amines) is 2. The third kappa shape index (κ3) is 5.88. The van der Waals surface area contributed by atoms with Crippen LogP contribution in [0.5, 0.6) is 0 Å². The second kappa shape index (κ2) is 9.96. The molecule has 0 bridgehead atoms. The van der Waals surface area contributed by atoms with Crippen molar-refractivity contribution in [2.45, 2.75) is 51.0 Å². The highest BCUT2D eigenvalue weighted by molar-refractivity contribution is 5.85. The van der Waals surface area contributed by atoms with Crippen LogP contribution in [0, 0.1) is 5.92 Å². The molecule has 3 aliphatic rings. The first-order valence-electron chi connectivity index (χ1n) is 8.55. The van der Waals surface area contributed by atoms with E-state index in [0.717, 1.165) is 31.6 Å². The summed E-state index contributed by atoms with van der Waals surface area (Å²) < 4.78 is 0. The summed E-state index contributed by atoms with van der Waals surface area (Å²) >= 11 is 0. The average Bonchev–Trinajstić information content (AvgIpc) is 3.18. The Morgan fingerprint density at radius 3 is 2.32 bits per heavy atom. The van der Waals surface area contributed by atoms with Gasteiger partial charge in [0, 0.05) is 19.1 Å². The first-order valence-corrected chi connectivity index (χ1v) is 8.55. The van der Waals surface area contributed by atoms with Crippen molar-refractivity contribution in [2.24, 2.45) is 5.92 Å². The molecule has 0 aromatic carbocycles. The van der Waals surface area contributed by atoms with Gasteiger partial charge >= 0.3 is 0 Å². The van der Waals surface area contributed by atoms with Gasteiger partial charge in [-0.25, -0.2) is 0 Å². The van der Waals surface area contributed by atoms with Gasteiger partial charge < -0.3 is 15.1 Å². The normalized spacial score (nSPS) is 26.0. The van der Waals surface area contributed by atoms with Crippen molar-refractivity contribution in [1.29, 1.82) is 0 Å². The van der Waals surface area contributed by atoms with Crippen LogP contribution < -0.4 is 5.32 Å². The van der Waals surface area contributed by atoms with E-state index in [-0.39, 0.29) is 24.8 Å². The lowest BCUT2D eigenvalue weighted by atomic mass is 10.1. The first kappa shape index (κ1) is 20.0. The molecule has 1 N–H and O–H groups in total. The zero-order valence-electron chi connectivity index (χ0n) is 13.5. The summed E-state index contributed by atoms with van der Waals surface area (Å²) in [5.74, 6) is 1.17. The van der Waals surface area contributed by atoms with Gasteiger partial charge in [-0.3, -0.25) is 4.79 Å². The highest BCUT2D eigenvalue weighted by Gasteiger charge is 2.26. The molecule has 2 saturated heterocycles. The largest absolute Gasteiger partial charge is 0.342 e. The predicted molar refractivity (Wildman–Crippen MR) is 95.1 cm³/mol. The second-order valence-corrected chi connectivity index (χ2v) is 6.78. The van der Waals surface area contributed by atoms with Gasteiger partial charge in [0.1, 0.15) is 0 Å². The van der Waals surface area contributed by atoms with Crippen molar-refractivity contribution in [3.8, 4) is 0 Å². The summed E-state index contributed by atoms with van der Waals surface area (Å²) in [7, 11) is 0. The number of hydrogen-bond donors (Lipinski definition) is 1. The number of carbonyl (C=O) groups is 1. The van der Waals surface area contributed by atoms with Gasteiger partial charge in [-0.15, -0.1) is 24.8 Å². The molecule has 0 aromatic heterocycles. The van der Waals surface area contributed by atoms with Crippen LogP contribution in [-0.4, -0.2) is 61.0 Å². The number of amides is 1. The maximum absolute atomic E-state index is 12.2. The average molecular weight is 352 g/mol. The van der Waals surface area contributed by atoms with Gasteiger partial charge in [-0.1, -0.05) is 0 Å². The minimum absolute atomic E-state index is 0. The third-order valence-corrected chi connectivity index (χ3v) is 5.11. The Kier molecular flexibility index (Phi) is 9.07. The molecule has 1 unspecified atom stereocenters. The number of nitrogens with one attached hydrogen (secondary N) is 1. The van der Waals surface area contributed by atoms with Crippen LogP contribution in [0.4, 0.5) is 0 Å². The minimum atomic E-state index is 0. The molecule has 2 aliphatic heterocycles. The monoisotopic (exact) mass is 351 g/mol. The summed E-state index contributed by atoms with van der Waals surface area (Å²) in [4.78, 5) is 17.0. The fourth-order valence-electron chi connectivity index (χ4n) is 3.62. The lowest BCUT2D eigenvalue weighted by Gasteiger charge is -2.26. The molecule has 0 radical (unpaired) electrons. The second-order valence-electron chi connectivity index (χ2n) is 6.78. The van der Waals surface area contributed by atoms with Gasteiger partial charge in [0.25, 0.3) is 0 Å². The predicted octanol–water partition coefficient (Wildman–Crippen LogP) is 2.31. The summed E-state index contributed by atoms with van der Waals surface area (Å²) in [5, 5.41) is 3.33. The number of hydrogen-bond acceptors (Lipinski definition) is 3. The van der Waals surface area contributed by atoms with Gasteiger partial charge in [-0.05, 0) is 70.5 Å².